The van der Waals surface area contributed by atoms with Crippen LogP contribution >= 0.6 is 47.8 Å². The third-order valence-corrected chi connectivity index (χ3v) is 5.49. The Labute approximate surface area is 212 Å². The van der Waals surface area contributed by atoms with E-state index in [1.165, 1.54) is 11.1 Å². The topological polar surface area (TPSA) is 52.6 Å². The fourth-order valence-corrected chi connectivity index (χ4v) is 3.89. The number of rotatable bonds is 5. The van der Waals surface area contributed by atoms with Crippen molar-refractivity contribution < 1.29 is 50.0 Å². The Morgan fingerprint density at radius 2 is 1.44 bits per heavy atom. The molecule has 0 aromatic rings. The quantitative estimate of drug-likeness (QED) is 0.287. The summed E-state index contributed by atoms with van der Waals surface area (Å²) in [6.07, 6.45) is 5.30. The molecule has 0 amide bonds. The van der Waals surface area contributed by atoms with Crippen molar-refractivity contribution in [3.05, 3.63) is 43.4 Å². The van der Waals surface area contributed by atoms with E-state index in [1.54, 1.807) is 6.92 Å². The normalized spacial score (nSPS) is 15.0. The molecular formula is C18H22BBr3NaO4. The zero-order valence-corrected chi connectivity index (χ0v) is 22.8. The number of hydrogen-bond acceptors (Lipinski definition) is 4. The first-order chi connectivity index (χ1) is 11.8. The molecule has 143 valence electrons. The predicted octanol–water partition coefficient (Wildman–Crippen LogP) is 2.21. The van der Waals surface area contributed by atoms with Gasteiger partial charge in [-0.15, -0.1) is 0 Å². The van der Waals surface area contributed by atoms with Gasteiger partial charge in [-0.05, 0) is 32.9 Å². The molecule has 0 saturated carbocycles. The summed E-state index contributed by atoms with van der Waals surface area (Å²) in [5, 5.41) is 0.797. The van der Waals surface area contributed by atoms with Gasteiger partial charge in [-0.1, -0.05) is 58.9 Å². The Kier molecular flexibility index (Phi) is 16.7. The number of halogens is 3. The minimum absolute atomic E-state index is 0. The zero-order valence-electron chi connectivity index (χ0n) is 17.0. The second-order valence-corrected chi connectivity index (χ2v) is 7.64. The van der Waals surface area contributed by atoms with Crippen LogP contribution < -0.4 is 29.6 Å². The van der Waals surface area contributed by atoms with E-state index in [1.807, 2.05) is 26.0 Å². The third-order valence-electron chi connectivity index (χ3n) is 3.36. The summed E-state index contributed by atoms with van der Waals surface area (Å²) in [5.41, 5.74) is 3.82. The van der Waals surface area contributed by atoms with E-state index in [0.29, 0.717) is 26.1 Å². The maximum Gasteiger partial charge on any atom is 1.00 e. The van der Waals surface area contributed by atoms with Crippen LogP contribution in [-0.2, 0) is 19.1 Å². The van der Waals surface area contributed by atoms with Crippen LogP contribution in [0.25, 0.3) is 0 Å². The standard InChI is InChI=1S/C9H10Br2O2.C9H11BrO2.B.Na.H/c1-2-13-9(12)7-3-6(5-10)4-8(7)11;1-3-12-9(11)7-4-6(2)5-8(7)10;;;/h4H,2-3,5H2,1H3;5H,3-4H2,1-2H3;;;/q;;;+1;-1. The van der Waals surface area contributed by atoms with E-state index >= 15 is 0 Å². The summed E-state index contributed by atoms with van der Waals surface area (Å²) in [6.45, 7) is 6.46. The number of carbonyl (C=O) groups is 2. The summed E-state index contributed by atoms with van der Waals surface area (Å²) in [5.74, 6) is -0.431. The fourth-order valence-electron chi connectivity index (χ4n) is 2.21. The first kappa shape index (κ1) is 29.6. The van der Waals surface area contributed by atoms with Gasteiger partial charge in [0.15, 0.2) is 0 Å². The zero-order chi connectivity index (χ0) is 19.0. The van der Waals surface area contributed by atoms with Crippen molar-refractivity contribution >= 4 is 68.1 Å². The van der Waals surface area contributed by atoms with Gasteiger partial charge in [0.05, 0.1) is 24.4 Å². The molecule has 0 unspecified atom stereocenters. The van der Waals surface area contributed by atoms with Gasteiger partial charge in [-0.3, -0.25) is 0 Å². The molecule has 2 rings (SSSR count). The fraction of sp³-hybridized carbons (Fsp3) is 0.444. The first-order valence-corrected chi connectivity index (χ1v) is 10.6. The molecule has 0 bridgehead atoms. The van der Waals surface area contributed by atoms with Crippen LogP contribution in [-0.4, -0.2) is 38.9 Å². The van der Waals surface area contributed by atoms with Gasteiger partial charge in [0, 0.05) is 35.5 Å². The molecule has 27 heavy (non-hydrogen) atoms. The van der Waals surface area contributed by atoms with Gasteiger partial charge in [-0.25, -0.2) is 9.59 Å². The number of allylic oxidation sites excluding steroid dienone is 6. The van der Waals surface area contributed by atoms with E-state index in [0.717, 1.165) is 25.4 Å². The van der Waals surface area contributed by atoms with Crippen LogP contribution in [0, 0.1) is 0 Å². The van der Waals surface area contributed by atoms with E-state index in [-0.39, 0.29) is 51.3 Å². The van der Waals surface area contributed by atoms with Crippen molar-refractivity contribution in [2.24, 2.45) is 0 Å². The number of ether oxygens (including phenoxy) is 2. The number of esters is 2. The molecular weight excluding hydrogens is 554 g/mol. The van der Waals surface area contributed by atoms with Crippen LogP contribution in [0.2, 0.25) is 0 Å². The molecule has 0 spiro atoms. The summed E-state index contributed by atoms with van der Waals surface area (Å²) in [6, 6.07) is 0. The monoisotopic (exact) mass is 573 g/mol. The van der Waals surface area contributed by atoms with Crippen molar-refractivity contribution in [3.63, 3.8) is 0 Å². The Balaban J connectivity index is -0.000000404. The van der Waals surface area contributed by atoms with E-state index in [4.69, 9.17) is 9.47 Å². The number of alkyl halides is 1. The molecule has 9 heteroatoms. The van der Waals surface area contributed by atoms with E-state index < -0.39 is 0 Å². The molecule has 2 aliphatic rings. The van der Waals surface area contributed by atoms with Crippen LogP contribution in [0.1, 0.15) is 35.0 Å². The maximum absolute atomic E-state index is 11.4. The molecule has 0 heterocycles. The molecule has 2 aliphatic carbocycles. The average molecular weight is 576 g/mol. The third kappa shape index (κ3) is 9.63. The molecule has 0 N–H and O–H groups in total. The second kappa shape index (κ2) is 15.3. The van der Waals surface area contributed by atoms with Crippen LogP contribution in [0.15, 0.2) is 43.4 Å². The van der Waals surface area contributed by atoms with E-state index in [9.17, 15) is 9.59 Å². The van der Waals surface area contributed by atoms with Gasteiger partial charge in [0.1, 0.15) is 0 Å². The summed E-state index contributed by atoms with van der Waals surface area (Å²) >= 11 is 10.0. The Bertz CT molecular complexity index is 676. The minimum atomic E-state index is -0.221. The molecule has 4 nitrogen and oxygen atoms in total. The molecule has 0 aromatic heterocycles. The largest absolute Gasteiger partial charge is 1.00 e. The van der Waals surface area contributed by atoms with Crippen molar-refractivity contribution in [1.29, 1.82) is 0 Å². The van der Waals surface area contributed by atoms with Gasteiger partial charge in [0.2, 0.25) is 0 Å². The number of carbonyl (C=O) groups excluding carboxylic acids is 2. The summed E-state index contributed by atoms with van der Waals surface area (Å²) < 4.78 is 11.5. The molecule has 0 saturated heterocycles. The van der Waals surface area contributed by atoms with Gasteiger partial charge in [0.25, 0.3) is 0 Å². The Hall–Kier alpha value is 0.405. The first-order valence-electron chi connectivity index (χ1n) is 7.88. The van der Waals surface area contributed by atoms with Crippen molar-refractivity contribution in [2.75, 3.05) is 18.5 Å². The Morgan fingerprint density at radius 1 is 1.00 bits per heavy atom. The Morgan fingerprint density at radius 3 is 1.78 bits per heavy atom. The maximum atomic E-state index is 11.4. The molecule has 3 radical (unpaired) electrons. The van der Waals surface area contributed by atoms with Crippen molar-refractivity contribution in [2.45, 2.75) is 33.6 Å². The molecule has 0 aromatic carbocycles. The molecule has 0 atom stereocenters. The summed E-state index contributed by atoms with van der Waals surface area (Å²) in [4.78, 5) is 22.6. The summed E-state index contributed by atoms with van der Waals surface area (Å²) in [7, 11) is 0. The minimum Gasteiger partial charge on any atom is -1.00 e. The van der Waals surface area contributed by atoms with Crippen molar-refractivity contribution in [3.8, 4) is 0 Å². The smallest absolute Gasteiger partial charge is 1.00 e. The molecule has 0 aliphatic heterocycles. The predicted molar refractivity (Wildman–Crippen MR) is 117 cm³/mol. The average Bonchev–Trinajstić information content (AvgIpc) is 3.10. The van der Waals surface area contributed by atoms with E-state index in [2.05, 4.69) is 47.8 Å². The van der Waals surface area contributed by atoms with Gasteiger partial charge >= 0.3 is 41.5 Å². The van der Waals surface area contributed by atoms with Crippen LogP contribution in [0.5, 0.6) is 0 Å². The van der Waals surface area contributed by atoms with Crippen LogP contribution in [0.3, 0.4) is 0 Å². The number of hydrogen-bond donors (Lipinski definition) is 0. The van der Waals surface area contributed by atoms with Gasteiger partial charge in [-0.2, -0.15) is 0 Å². The van der Waals surface area contributed by atoms with Crippen molar-refractivity contribution in [1.82, 2.24) is 0 Å². The molecule has 0 fully saturated rings. The van der Waals surface area contributed by atoms with Gasteiger partial charge < -0.3 is 10.9 Å². The SMILES string of the molecule is CCOC(=O)C1=C(Br)C=C(C)C1.CCOC(=O)C1=C(Br)C=C(CBr)C1.[B].[H-].[Na+]. The second-order valence-electron chi connectivity index (χ2n) is 5.37. The van der Waals surface area contributed by atoms with Crippen LogP contribution in [0.4, 0.5) is 0 Å².